The van der Waals surface area contributed by atoms with Crippen LogP contribution in [0, 0.1) is 11.6 Å². The molecule has 1 N–H and O–H groups in total. The van der Waals surface area contributed by atoms with E-state index in [-0.39, 0.29) is 24.3 Å². The van der Waals surface area contributed by atoms with Crippen LogP contribution in [-0.4, -0.2) is 20.7 Å². The molecule has 3 rings (SSSR count). The standard InChI is InChI=1S/C18H16F2N4O/c1-24-11-21-23-18(24)14-4-2-3-5-16(14)22-17(25)9-6-12-10-13(19)7-8-15(12)20/h2-5,7-8,10-11H,6,9H2,1H3,(H,22,25). The Kier molecular flexibility index (Phi) is 4.83. The van der Waals surface area contributed by atoms with Gasteiger partial charge in [0.25, 0.3) is 0 Å². The van der Waals surface area contributed by atoms with Gasteiger partial charge in [0.2, 0.25) is 5.91 Å². The topological polar surface area (TPSA) is 59.8 Å². The molecule has 7 heteroatoms. The number of amides is 1. The van der Waals surface area contributed by atoms with E-state index in [1.54, 1.807) is 30.1 Å². The monoisotopic (exact) mass is 342 g/mol. The van der Waals surface area contributed by atoms with Crippen LogP contribution in [0.2, 0.25) is 0 Å². The summed E-state index contributed by atoms with van der Waals surface area (Å²) < 4.78 is 28.6. The molecule has 0 spiro atoms. The molecule has 0 aliphatic carbocycles. The lowest BCUT2D eigenvalue weighted by atomic mass is 10.1. The van der Waals surface area contributed by atoms with Crippen molar-refractivity contribution in [3.05, 3.63) is 66.0 Å². The molecule has 25 heavy (non-hydrogen) atoms. The van der Waals surface area contributed by atoms with E-state index in [1.807, 2.05) is 12.1 Å². The number of para-hydroxylation sites is 1. The van der Waals surface area contributed by atoms with Crippen LogP contribution in [0.15, 0.2) is 48.8 Å². The summed E-state index contributed by atoms with van der Waals surface area (Å²) in [5.41, 5.74) is 1.49. The van der Waals surface area contributed by atoms with Gasteiger partial charge in [-0.1, -0.05) is 12.1 Å². The summed E-state index contributed by atoms with van der Waals surface area (Å²) in [6, 6.07) is 10.4. The van der Waals surface area contributed by atoms with Crippen LogP contribution in [0.4, 0.5) is 14.5 Å². The molecule has 0 saturated carbocycles. The van der Waals surface area contributed by atoms with Crippen molar-refractivity contribution in [3.63, 3.8) is 0 Å². The molecule has 0 unspecified atom stereocenters. The third-order valence-electron chi connectivity index (χ3n) is 3.78. The number of hydrogen-bond acceptors (Lipinski definition) is 3. The average Bonchev–Trinajstić information content (AvgIpc) is 3.02. The summed E-state index contributed by atoms with van der Waals surface area (Å²) in [6.07, 6.45) is 1.72. The minimum Gasteiger partial charge on any atom is -0.325 e. The van der Waals surface area contributed by atoms with E-state index in [9.17, 15) is 13.6 Å². The Bertz CT molecular complexity index is 908. The average molecular weight is 342 g/mol. The molecule has 0 aliphatic heterocycles. The number of carbonyl (C=O) groups is 1. The summed E-state index contributed by atoms with van der Waals surface area (Å²) in [4.78, 5) is 12.2. The molecule has 0 bridgehead atoms. The zero-order valence-corrected chi connectivity index (χ0v) is 13.5. The second-order valence-electron chi connectivity index (χ2n) is 5.59. The molecule has 128 valence electrons. The maximum atomic E-state index is 13.6. The van der Waals surface area contributed by atoms with Crippen molar-refractivity contribution in [2.75, 3.05) is 5.32 Å². The summed E-state index contributed by atoms with van der Waals surface area (Å²) in [5, 5.41) is 10.7. The van der Waals surface area contributed by atoms with E-state index in [0.717, 1.165) is 23.8 Å². The van der Waals surface area contributed by atoms with Crippen LogP contribution < -0.4 is 5.32 Å². The van der Waals surface area contributed by atoms with Gasteiger partial charge < -0.3 is 9.88 Å². The third-order valence-corrected chi connectivity index (χ3v) is 3.78. The van der Waals surface area contributed by atoms with E-state index in [0.29, 0.717) is 11.5 Å². The molecular formula is C18H16F2N4O. The summed E-state index contributed by atoms with van der Waals surface area (Å²) in [6.45, 7) is 0. The molecule has 3 aromatic rings. The molecule has 0 atom stereocenters. The molecule has 5 nitrogen and oxygen atoms in total. The van der Waals surface area contributed by atoms with Gasteiger partial charge in [0, 0.05) is 19.0 Å². The minimum absolute atomic E-state index is 0.0352. The van der Waals surface area contributed by atoms with Crippen molar-refractivity contribution in [1.29, 1.82) is 0 Å². The fraction of sp³-hybridized carbons (Fsp3) is 0.167. The zero-order valence-electron chi connectivity index (χ0n) is 13.5. The van der Waals surface area contributed by atoms with Crippen LogP contribution >= 0.6 is 0 Å². The summed E-state index contributed by atoms with van der Waals surface area (Å²) in [5.74, 6) is -0.719. The quantitative estimate of drug-likeness (QED) is 0.774. The first-order chi connectivity index (χ1) is 12.0. The van der Waals surface area contributed by atoms with Crippen molar-refractivity contribution >= 4 is 11.6 Å². The number of nitrogens with zero attached hydrogens (tertiary/aromatic N) is 3. The van der Waals surface area contributed by atoms with Gasteiger partial charge >= 0.3 is 0 Å². The second kappa shape index (κ2) is 7.21. The van der Waals surface area contributed by atoms with E-state index >= 15 is 0 Å². The van der Waals surface area contributed by atoms with Crippen LogP contribution in [0.1, 0.15) is 12.0 Å². The van der Waals surface area contributed by atoms with Crippen molar-refractivity contribution < 1.29 is 13.6 Å². The molecule has 1 heterocycles. The number of hydrogen-bond donors (Lipinski definition) is 1. The predicted molar refractivity (Wildman–Crippen MR) is 89.7 cm³/mol. The maximum absolute atomic E-state index is 13.6. The Morgan fingerprint density at radius 2 is 2.00 bits per heavy atom. The van der Waals surface area contributed by atoms with Crippen LogP contribution in [0.5, 0.6) is 0 Å². The van der Waals surface area contributed by atoms with E-state index in [1.165, 1.54) is 0 Å². The minimum atomic E-state index is -0.524. The van der Waals surface area contributed by atoms with E-state index in [4.69, 9.17) is 0 Å². The lowest BCUT2D eigenvalue weighted by molar-refractivity contribution is -0.116. The molecule has 1 aromatic heterocycles. The number of benzene rings is 2. The molecule has 0 fully saturated rings. The first-order valence-electron chi connectivity index (χ1n) is 7.72. The molecule has 1 amide bonds. The first-order valence-corrected chi connectivity index (χ1v) is 7.72. The molecule has 0 aliphatic rings. The third kappa shape index (κ3) is 3.88. The molecule has 0 radical (unpaired) electrons. The Morgan fingerprint density at radius 1 is 1.20 bits per heavy atom. The van der Waals surface area contributed by atoms with Crippen LogP contribution in [-0.2, 0) is 18.3 Å². The molecule has 2 aromatic carbocycles. The highest BCUT2D eigenvalue weighted by Crippen LogP contribution is 2.25. The SMILES string of the molecule is Cn1cnnc1-c1ccccc1NC(=O)CCc1cc(F)ccc1F. The fourth-order valence-corrected chi connectivity index (χ4v) is 2.51. The number of nitrogens with one attached hydrogen (secondary N) is 1. The fourth-order valence-electron chi connectivity index (χ4n) is 2.51. The Labute approximate surface area is 143 Å². The van der Waals surface area contributed by atoms with Crippen molar-refractivity contribution in [3.8, 4) is 11.4 Å². The maximum Gasteiger partial charge on any atom is 0.224 e. The van der Waals surface area contributed by atoms with Gasteiger partial charge in [-0.15, -0.1) is 10.2 Å². The highest BCUT2D eigenvalue weighted by Gasteiger charge is 2.13. The number of rotatable bonds is 5. The van der Waals surface area contributed by atoms with E-state index in [2.05, 4.69) is 15.5 Å². The molecular weight excluding hydrogens is 326 g/mol. The normalized spacial score (nSPS) is 10.7. The van der Waals surface area contributed by atoms with Crippen LogP contribution in [0.25, 0.3) is 11.4 Å². The predicted octanol–water partition coefficient (Wildman–Crippen LogP) is 3.33. The van der Waals surface area contributed by atoms with Gasteiger partial charge in [-0.2, -0.15) is 0 Å². The lowest BCUT2D eigenvalue weighted by Gasteiger charge is -2.10. The van der Waals surface area contributed by atoms with Gasteiger partial charge in [-0.05, 0) is 42.3 Å². The van der Waals surface area contributed by atoms with E-state index < -0.39 is 11.6 Å². The van der Waals surface area contributed by atoms with Gasteiger partial charge in [-0.25, -0.2) is 8.78 Å². The highest BCUT2D eigenvalue weighted by molar-refractivity contribution is 5.94. The van der Waals surface area contributed by atoms with Gasteiger partial charge in [0.15, 0.2) is 5.82 Å². The number of carbonyl (C=O) groups excluding carboxylic acids is 1. The Balaban J connectivity index is 1.72. The van der Waals surface area contributed by atoms with Crippen molar-refractivity contribution in [1.82, 2.24) is 14.8 Å². The van der Waals surface area contributed by atoms with Gasteiger partial charge in [0.1, 0.15) is 18.0 Å². The number of aryl methyl sites for hydroxylation is 2. The number of aromatic nitrogens is 3. The zero-order chi connectivity index (χ0) is 17.8. The number of halogens is 2. The lowest BCUT2D eigenvalue weighted by Crippen LogP contribution is -2.14. The van der Waals surface area contributed by atoms with Crippen LogP contribution in [0.3, 0.4) is 0 Å². The second-order valence-corrected chi connectivity index (χ2v) is 5.59. The Morgan fingerprint density at radius 3 is 2.76 bits per heavy atom. The van der Waals surface area contributed by atoms with Crippen molar-refractivity contribution in [2.24, 2.45) is 7.05 Å². The van der Waals surface area contributed by atoms with Gasteiger partial charge in [0.05, 0.1) is 5.69 Å². The van der Waals surface area contributed by atoms with Crippen molar-refractivity contribution in [2.45, 2.75) is 12.8 Å². The number of anilines is 1. The smallest absolute Gasteiger partial charge is 0.224 e. The largest absolute Gasteiger partial charge is 0.325 e. The van der Waals surface area contributed by atoms with Gasteiger partial charge in [-0.3, -0.25) is 4.79 Å². The Hall–Kier alpha value is -3.09. The highest BCUT2D eigenvalue weighted by atomic mass is 19.1. The molecule has 0 saturated heterocycles. The summed E-state index contributed by atoms with van der Waals surface area (Å²) in [7, 11) is 1.81. The summed E-state index contributed by atoms with van der Waals surface area (Å²) >= 11 is 0. The first kappa shape index (κ1) is 16.8.